The van der Waals surface area contributed by atoms with Crippen molar-refractivity contribution in [2.75, 3.05) is 12.4 Å². The summed E-state index contributed by atoms with van der Waals surface area (Å²) in [6, 6.07) is 12.4. The monoisotopic (exact) mass is 323 g/mol. The van der Waals surface area contributed by atoms with Gasteiger partial charge in [-0.1, -0.05) is 13.3 Å². The number of ether oxygens (including phenoxy) is 1. The molecule has 1 amide bonds. The van der Waals surface area contributed by atoms with Crippen molar-refractivity contribution in [1.82, 2.24) is 9.55 Å². The molecule has 3 aromatic rings. The Kier molecular flexibility index (Phi) is 4.79. The van der Waals surface area contributed by atoms with Crippen LogP contribution < -0.4 is 5.32 Å². The summed E-state index contributed by atoms with van der Waals surface area (Å²) < 4.78 is 6.93. The fraction of sp³-hybridized carbons (Fsp3) is 0.263. The first-order valence-electron chi connectivity index (χ1n) is 8.08. The molecule has 1 atom stereocenters. The van der Waals surface area contributed by atoms with Crippen LogP contribution in [0.25, 0.3) is 10.9 Å². The Morgan fingerprint density at radius 3 is 2.75 bits per heavy atom. The lowest BCUT2D eigenvalue weighted by Crippen LogP contribution is -2.11. The molecule has 3 rings (SSSR count). The fourth-order valence-electron chi connectivity index (χ4n) is 3.01. The normalized spacial score (nSPS) is 12.1. The molecule has 2 heterocycles. The van der Waals surface area contributed by atoms with Gasteiger partial charge in [0.15, 0.2) is 0 Å². The number of aromatic nitrogens is 2. The van der Waals surface area contributed by atoms with E-state index in [0.29, 0.717) is 0 Å². The van der Waals surface area contributed by atoms with Crippen LogP contribution in [0.15, 0.2) is 55.0 Å². The second-order valence-corrected chi connectivity index (χ2v) is 5.70. The number of carbonyl (C=O) groups excluding carboxylic acids is 1. The summed E-state index contributed by atoms with van der Waals surface area (Å²) in [5.41, 5.74) is 3.12. The first-order chi connectivity index (χ1) is 11.7. The fourth-order valence-corrected chi connectivity index (χ4v) is 3.01. The minimum absolute atomic E-state index is 0.273. The predicted molar refractivity (Wildman–Crippen MR) is 95.2 cm³/mol. The Bertz CT molecular complexity index is 827. The number of nitrogens with one attached hydrogen (secondary N) is 1. The highest BCUT2D eigenvalue weighted by Crippen LogP contribution is 2.29. The summed E-state index contributed by atoms with van der Waals surface area (Å²) in [4.78, 5) is 15.5. The number of amides is 1. The van der Waals surface area contributed by atoms with E-state index in [1.807, 2.05) is 30.6 Å². The number of pyridine rings is 1. The molecule has 0 bridgehead atoms. The smallest absolute Gasteiger partial charge is 0.411 e. The Morgan fingerprint density at radius 1 is 1.25 bits per heavy atom. The first kappa shape index (κ1) is 16.1. The quantitative estimate of drug-likeness (QED) is 0.746. The maximum atomic E-state index is 11.4. The summed E-state index contributed by atoms with van der Waals surface area (Å²) in [7, 11) is 1.36. The lowest BCUT2D eigenvalue weighted by molar-refractivity contribution is 0.187. The van der Waals surface area contributed by atoms with E-state index in [1.54, 1.807) is 0 Å². The SMILES string of the molecule is CCCC(c1ccncc1)n1ccc2cc(NC(=O)OC)ccc21. The zero-order chi connectivity index (χ0) is 16.9. The van der Waals surface area contributed by atoms with Crippen molar-refractivity contribution in [3.63, 3.8) is 0 Å². The Morgan fingerprint density at radius 2 is 2.04 bits per heavy atom. The summed E-state index contributed by atoms with van der Waals surface area (Å²) in [5.74, 6) is 0. The number of rotatable bonds is 5. The molecule has 0 spiro atoms. The predicted octanol–water partition coefficient (Wildman–Crippen LogP) is 4.60. The summed E-state index contributed by atoms with van der Waals surface area (Å²) in [6.07, 6.45) is 7.46. The van der Waals surface area contributed by atoms with Crippen molar-refractivity contribution in [2.24, 2.45) is 0 Å². The lowest BCUT2D eigenvalue weighted by Gasteiger charge is -2.20. The molecule has 5 heteroatoms. The molecule has 1 aromatic carbocycles. The third kappa shape index (κ3) is 3.25. The molecule has 0 aliphatic heterocycles. The molecule has 5 nitrogen and oxygen atoms in total. The second-order valence-electron chi connectivity index (χ2n) is 5.70. The van der Waals surface area contributed by atoms with E-state index < -0.39 is 6.09 Å². The van der Waals surface area contributed by atoms with Gasteiger partial charge in [-0.15, -0.1) is 0 Å². The summed E-state index contributed by atoms with van der Waals surface area (Å²) in [5, 5.41) is 3.78. The highest BCUT2D eigenvalue weighted by atomic mass is 16.5. The molecule has 0 fully saturated rings. The van der Waals surface area contributed by atoms with Crippen LogP contribution >= 0.6 is 0 Å². The van der Waals surface area contributed by atoms with Crippen LogP contribution in [0, 0.1) is 0 Å². The number of methoxy groups -OCH3 is 1. The van der Waals surface area contributed by atoms with Crippen LogP contribution in [0.4, 0.5) is 10.5 Å². The van der Waals surface area contributed by atoms with Gasteiger partial charge in [0.1, 0.15) is 0 Å². The van der Waals surface area contributed by atoms with Crippen molar-refractivity contribution < 1.29 is 9.53 Å². The highest BCUT2D eigenvalue weighted by molar-refractivity contribution is 5.90. The van der Waals surface area contributed by atoms with Gasteiger partial charge in [0.25, 0.3) is 0 Å². The Labute approximate surface area is 141 Å². The molecule has 2 aromatic heterocycles. The third-order valence-corrected chi connectivity index (χ3v) is 4.14. The number of hydrogen-bond donors (Lipinski definition) is 1. The van der Waals surface area contributed by atoms with Crippen LogP contribution in [0.5, 0.6) is 0 Å². The van der Waals surface area contributed by atoms with Crippen LogP contribution in [0.2, 0.25) is 0 Å². The van der Waals surface area contributed by atoms with Gasteiger partial charge >= 0.3 is 6.09 Å². The molecule has 0 radical (unpaired) electrons. The van der Waals surface area contributed by atoms with Gasteiger partial charge in [0, 0.05) is 35.2 Å². The van der Waals surface area contributed by atoms with Crippen molar-refractivity contribution >= 4 is 22.7 Å². The Balaban J connectivity index is 1.98. The van der Waals surface area contributed by atoms with E-state index in [4.69, 9.17) is 0 Å². The minimum atomic E-state index is -0.463. The van der Waals surface area contributed by atoms with Crippen molar-refractivity contribution in [2.45, 2.75) is 25.8 Å². The van der Waals surface area contributed by atoms with E-state index in [1.165, 1.54) is 12.7 Å². The van der Waals surface area contributed by atoms with Crippen LogP contribution in [0.1, 0.15) is 31.4 Å². The van der Waals surface area contributed by atoms with Gasteiger partial charge in [-0.05, 0) is 48.4 Å². The van der Waals surface area contributed by atoms with E-state index >= 15 is 0 Å². The molecule has 24 heavy (non-hydrogen) atoms. The maximum Gasteiger partial charge on any atom is 0.411 e. The van der Waals surface area contributed by atoms with Gasteiger partial charge in [0.2, 0.25) is 0 Å². The van der Waals surface area contributed by atoms with Crippen molar-refractivity contribution in [1.29, 1.82) is 0 Å². The highest BCUT2D eigenvalue weighted by Gasteiger charge is 2.15. The molecule has 0 saturated heterocycles. The zero-order valence-corrected chi connectivity index (χ0v) is 13.9. The first-order valence-corrected chi connectivity index (χ1v) is 8.08. The van der Waals surface area contributed by atoms with Crippen LogP contribution in [0.3, 0.4) is 0 Å². The lowest BCUT2D eigenvalue weighted by atomic mass is 10.0. The van der Waals surface area contributed by atoms with Gasteiger partial charge in [0.05, 0.1) is 13.2 Å². The third-order valence-electron chi connectivity index (χ3n) is 4.14. The van der Waals surface area contributed by atoms with Crippen molar-refractivity contribution in [3.8, 4) is 0 Å². The number of carbonyl (C=O) groups is 1. The molecule has 1 N–H and O–H groups in total. The standard InChI is InChI=1S/C19H21N3O2/c1-3-4-17(14-7-10-20-11-8-14)22-12-9-15-13-16(5-6-18(15)22)21-19(23)24-2/h5-13,17H,3-4H2,1-2H3,(H,21,23). The summed E-state index contributed by atoms with van der Waals surface area (Å²) in [6.45, 7) is 2.19. The molecule has 0 aliphatic rings. The molecular formula is C19H21N3O2. The van der Waals surface area contributed by atoms with Gasteiger partial charge in [-0.3, -0.25) is 10.3 Å². The van der Waals surface area contributed by atoms with E-state index in [2.05, 4.69) is 50.9 Å². The van der Waals surface area contributed by atoms with Gasteiger partial charge < -0.3 is 9.30 Å². The maximum absolute atomic E-state index is 11.4. The minimum Gasteiger partial charge on any atom is -0.453 e. The number of hydrogen-bond acceptors (Lipinski definition) is 3. The molecule has 0 aliphatic carbocycles. The molecule has 0 saturated carbocycles. The largest absolute Gasteiger partial charge is 0.453 e. The number of fused-ring (bicyclic) bond motifs is 1. The van der Waals surface area contributed by atoms with E-state index in [0.717, 1.165) is 29.4 Å². The average molecular weight is 323 g/mol. The number of anilines is 1. The number of nitrogens with zero attached hydrogens (tertiary/aromatic N) is 2. The number of benzene rings is 1. The van der Waals surface area contributed by atoms with Gasteiger partial charge in [-0.25, -0.2) is 4.79 Å². The average Bonchev–Trinajstić information content (AvgIpc) is 3.03. The van der Waals surface area contributed by atoms with Crippen LogP contribution in [-0.4, -0.2) is 22.8 Å². The van der Waals surface area contributed by atoms with Crippen LogP contribution in [-0.2, 0) is 4.74 Å². The molecular weight excluding hydrogens is 302 g/mol. The van der Waals surface area contributed by atoms with Gasteiger partial charge in [-0.2, -0.15) is 0 Å². The molecule has 1 unspecified atom stereocenters. The topological polar surface area (TPSA) is 56.2 Å². The summed E-state index contributed by atoms with van der Waals surface area (Å²) >= 11 is 0. The second kappa shape index (κ2) is 7.17. The Hall–Kier alpha value is -2.82. The zero-order valence-electron chi connectivity index (χ0n) is 13.9. The van der Waals surface area contributed by atoms with E-state index in [9.17, 15) is 4.79 Å². The van der Waals surface area contributed by atoms with Crippen molar-refractivity contribution in [3.05, 3.63) is 60.6 Å². The van der Waals surface area contributed by atoms with E-state index in [-0.39, 0.29) is 6.04 Å². The molecule has 124 valence electrons.